The zero-order chi connectivity index (χ0) is 16.4. The third-order valence-corrected chi connectivity index (χ3v) is 4.20. The largest absolute Gasteiger partial charge is 0.444 e. The van der Waals surface area contributed by atoms with Crippen molar-refractivity contribution in [2.24, 2.45) is 0 Å². The summed E-state index contributed by atoms with van der Waals surface area (Å²) in [6, 6.07) is 0. The molecule has 0 radical (unpaired) electrons. The fourth-order valence-electron chi connectivity index (χ4n) is 1.71. The number of thiazole rings is 1. The lowest BCUT2D eigenvalue weighted by atomic mass is 10.0. The normalized spacial score (nSPS) is 14.2. The molecule has 1 atom stereocenters. The van der Waals surface area contributed by atoms with Crippen LogP contribution >= 0.6 is 11.3 Å². The second-order valence-electron chi connectivity index (χ2n) is 6.25. The van der Waals surface area contributed by atoms with Gasteiger partial charge in [-0.2, -0.15) is 0 Å². The lowest BCUT2D eigenvalue weighted by molar-refractivity contribution is -0.113. The highest BCUT2D eigenvalue weighted by atomic mass is 32.1. The van der Waals surface area contributed by atoms with E-state index in [1.54, 1.807) is 27.7 Å². The second-order valence-corrected chi connectivity index (χ2v) is 7.23. The Balaban J connectivity index is 3.04. The van der Waals surface area contributed by atoms with Gasteiger partial charge in [0.2, 0.25) is 0 Å². The molecule has 21 heavy (non-hydrogen) atoms. The molecule has 1 heterocycles. The van der Waals surface area contributed by atoms with Crippen LogP contribution in [0.4, 0.5) is 9.93 Å². The van der Waals surface area contributed by atoms with Crippen molar-refractivity contribution in [3.8, 4) is 0 Å². The van der Waals surface area contributed by atoms with Crippen LogP contribution in [-0.4, -0.2) is 37.1 Å². The average Bonchev–Trinajstić information content (AvgIpc) is 2.69. The molecule has 6 nitrogen and oxygen atoms in total. The van der Waals surface area contributed by atoms with Gasteiger partial charge < -0.3 is 19.7 Å². The molecule has 118 valence electrons. The highest BCUT2D eigenvalue weighted by molar-refractivity contribution is 7.16. The van der Waals surface area contributed by atoms with Gasteiger partial charge in [0.15, 0.2) is 11.4 Å². The molecule has 1 aromatic rings. The van der Waals surface area contributed by atoms with E-state index in [0.29, 0.717) is 16.9 Å². The predicted octanol–water partition coefficient (Wildman–Crippen LogP) is 2.46. The molecular formula is C14H23N3O3S. The Morgan fingerprint density at radius 1 is 1.33 bits per heavy atom. The summed E-state index contributed by atoms with van der Waals surface area (Å²) < 4.78 is 5.22. The maximum atomic E-state index is 11.9. The van der Waals surface area contributed by atoms with E-state index in [0.717, 1.165) is 5.13 Å². The smallest absolute Gasteiger partial charge is 0.408 e. The summed E-state index contributed by atoms with van der Waals surface area (Å²) in [5.41, 5.74) is -1.06. The molecule has 0 aliphatic carbocycles. The number of ether oxygens (including phenoxy) is 1. The first-order valence-corrected chi connectivity index (χ1v) is 7.43. The number of aryl methyl sites for hydroxylation is 1. The maximum Gasteiger partial charge on any atom is 0.408 e. The first kappa shape index (κ1) is 17.4. The third kappa shape index (κ3) is 4.42. The Hall–Kier alpha value is -1.63. The highest BCUT2D eigenvalue weighted by Crippen LogP contribution is 2.32. The molecular weight excluding hydrogens is 290 g/mol. The SMILES string of the molecule is Cc1nc(N(C)C)sc1C(C)(C=O)NC(=O)OC(C)(C)C. The standard InChI is InChI=1S/C14H23N3O3S/c1-9-10(21-11(15-9)17(6)7)14(5,8-18)16-12(19)20-13(2,3)4/h8H,1-7H3,(H,16,19). The number of anilines is 1. The lowest BCUT2D eigenvalue weighted by Crippen LogP contribution is -2.46. The van der Waals surface area contributed by atoms with E-state index in [-0.39, 0.29) is 0 Å². The Morgan fingerprint density at radius 2 is 1.90 bits per heavy atom. The number of aromatic nitrogens is 1. The number of carbonyl (C=O) groups is 2. The van der Waals surface area contributed by atoms with E-state index < -0.39 is 17.2 Å². The van der Waals surface area contributed by atoms with Gasteiger partial charge in [-0.15, -0.1) is 0 Å². The zero-order valence-corrected chi connectivity index (χ0v) is 14.4. The monoisotopic (exact) mass is 313 g/mol. The molecule has 1 aromatic heterocycles. The van der Waals surface area contributed by atoms with Crippen LogP contribution in [-0.2, 0) is 15.1 Å². The Kier molecular flexibility index (Phi) is 4.99. The van der Waals surface area contributed by atoms with Crippen LogP contribution in [0.3, 0.4) is 0 Å². The van der Waals surface area contributed by atoms with Gasteiger partial charge in [0.05, 0.1) is 10.6 Å². The second kappa shape index (κ2) is 6.01. The van der Waals surface area contributed by atoms with Crippen LogP contribution in [0.5, 0.6) is 0 Å². The third-order valence-electron chi connectivity index (χ3n) is 2.64. The lowest BCUT2D eigenvalue weighted by Gasteiger charge is -2.27. The Bertz CT molecular complexity index is 534. The quantitative estimate of drug-likeness (QED) is 0.865. The number of nitrogens with one attached hydrogen (secondary N) is 1. The summed E-state index contributed by atoms with van der Waals surface area (Å²) in [5, 5.41) is 3.41. The van der Waals surface area contributed by atoms with Crippen molar-refractivity contribution in [2.75, 3.05) is 19.0 Å². The van der Waals surface area contributed by atoms with Crippen molar-refractivity contribution in [3.05, 3.63) is 10.6 Å². The van der Waals surface area contributed by atoms with Crippen LogP contribution in [0.1, 0.15) is 38.3 Å². The topological polar surface area (TPSA) is 71.5 Å². The highest BCUT2D eigenvalue weighted by Gasteiger charge is 2.34. The van der Waals surface area contributed by atoms with Crippen molar-refractivity contribution in [3.63, 3.8) is 0 Å². The summed E-state index contributed by atoms with van der Waals surface area (Å²) in [6.07, 6.45) is 0.0768. The molecule has 0 saturated heterocycles. The van der Waals surface area contributed by atoms with Crippen LogP contribution < -0.4 is 10.2 Å². The molecule has 0 aliphatic rings. The average molecular weight is 313 g/mol. The van der Waals surface area contributed by atoms with Gasteiger partial charge in [-0.1, -0.05) is 11.3 Å². The minimum atomic E-state index is -1.15. The predicted molar refractivity (Wildman–Crippen MR) is 84.0 cm³/mol. The van der Waals surface area contributed by atoms with Crippen LogP contribution in [0.15, 0.2) is 0 Å². The van der Waals surface area contributed by atoms with Crippen molar-refractivity contribution < 1.29 is 14.3 Å². The summed E-state index contributed by atoms with van der Waals surface area (Å²) in [6.45, 7) is 8.77. The van der Waals surface area contributed by atoms with Gasteiger partial charge in [-0.05, 0) is 34.6 Å². The first-order chi connectivity index (χ1) is 9.48. The number of carbonyl (C=O) groups excluding carboxylic acids is 2. The molecule has 1 unspecified atom stereocenters. The number of hydrogen-bond acceptors (Lipinski definition) is 6. The van der Waals surface area contributed by atoms with E-state index in [1.807, 2.05) is 25.9 Å². The number of alkyl carbamates (subject to hydrolysis) is 1. The van der Waals surface area contributed by atoms with Crippen molar-refractivity contribution in [1.29, 1.82) is 0 Å². The van der Waals surface area contributed by atoms with Crippen LogP contribution in [0.25, 0.3) is 0 Å². The van der Waals surface area contributed by atoms with Gasteiger partial charge in [0.1, 0.15) is 11.1 Å². The zero-order valence-electron chi connectivity index (χ0n) is 13.6. The summed E-state index contributed by atoms with van der Waals surface area (Å²) in [4.78, 5) is 30.5. The molecule has 1 rings (SSSR count). The minimum absolute atomic E-state index is 0.620. The minimum Gasteiger partial charge on any atom is -0.444 e. The van der Waals surface area contributed by atoms with Crippen molar-refractivity contribution in [1.82, 2.24) is 10.3 Å². The fraction of sp³-hybridized carbons (Fsp3) is 0.643. The van der Waals surface area contributed by atoms with E-state index in [9.17, 15) is 9.59 Å². The molecule has 0 aliphatic heterocycles. The van der Waals surface area contributed by atoms with E-state index in [1.165, 1.54) is 11.3 Å². The molecule has 0 fully saturated rings. The summed E-state index contributed by atoms with van der Waals surface area (Å²) in [5.74, 6) is 0. The van der Waals surface area contributed by atoms with E-state index in [2.05, 4.69) is 10.3 Å². The fourth-order valence-corrected chi connectivity index (χ4v) is 2.76. The summed E-state index contributed by atoms with van der Waals surface area (Å²) >= 11 is 1.37. The van der Waals surface area contributed by atoms with Gasteiger partial charge in [0, 0.05) is 14.1 Å². The van der Waals surface area contributed by atoms with Gasteiger partial charge in [-0.3, -0.25) is 0 Å². The van der Waals surface area contributed by atoms with Crippen molar-refractivity contribution in [2.45, 2.75) is 45.8 Å². The molecule has 0 aromatic carbocycles. The Morgan fingerprint density at radius 3 is 2.29 bits per heavy atom. The molecule has 0 saturated carbocycles. The van der Waals surface area contributed by atoms with Gasteiger partial charge in [0.25, 0.3) is 0 Å². The molecule has 1 amide bonds. The van der Waals surface area contributed by atoms with Crippen LogP contribution in [0, 0.1) is 6.92 Å². The van der Waals surface area contributed by atoms with E-state index >= 15 is 0 Å². The van der Waals surface area contributed by atoms with Crippen LogP contribution in [0.2, 0.25) is 0 Å². The molecule has 0 spiro atoms. The maximum absolute atomic E-state index is 11.9. The number of rotatable bonds is 4. The number of nitrogens with zero attached hydrogens (tertiary/aromatic N) is 2. The number of amides is 1. The Labute approximate surface area is 129 Å². The van der Waals surface area contributed by atoms with Gasteiger partial charge >= 0.3 is 6.09 Å². The van der Waals surface area contributed by atoms with Gasteiger partial charge in [-0.25, -0.2) is 9.78 Å². The summed E-state index contributed by atoms with van der Waals surface area (Å²) in [7, 11) is 3.75. The molecule has 1 N–H and O–H groups in total. The molecule has 0 bridgehead atoms. The first-order valence-electron chi connectivity index (χ1n) is 6.61. The van der Waals surface area contributed by atoms with E-state index in [4.69, 9.17) is 4.74 Å². The number of hydrogen-bond donors (Lipinski definition) is 1. The molecule has 7 heteroatoms. The number of aldehydes is 1. The van der Waals surface area contributed by atoms with Crippen molar-refractivity contribution >= 4 is 28.8 Å².